The van der Waals surface area contributed by atoms with Crippen molar-refractivity contribution in [2.75, 3.05) is 16.0 Å². The number of benzene rings is 3. The first-order valence-corrected chi connectivity index (χ1v) is 12.2. The lowest BCUT2D eigenvalue weighted by molar-refractivity contribution is -0.137. The molecule has 0 bridgehead atoms. The van der Waals surface area contributed by atoms with Gasteiger partial charge < -0.3 is 20.5 Å². The van der Waals surface area contributed by atoms with Crippen molar-refractivity contribution in [1.29, 1.82) is 0 Å². The highest BCUT2D eigenvalue weighted by Gasteiger charge is 2.30. The number of anilines is 3. The van der Waals surface area contributed by atoms with E-state index in [1.807, 2.05) is 0 Å². The third-order valence-corrected chi connectivity index (χ3v) is 5.95. The average molecular weight is 579 g/mol. The van der Waals surface area contributed by atoms with Crippen LogP contribution in [-0.2, 0) is 6.18 Å². The largest absolute Gasteiger partial charge is 0.416 e. The Morgan fingerprint density at radius 3 is 2.27 bits per heavy atom. The van der Waals surface area contributed by atoms with E-state index in [0.29, 0.717) is 28.1 Å². The number of halogens is 4. The van der Waals surface area contributed by atoms with Crippen molar-refractivity contribution < 1.29 is 27.3 Å². The minimum atomic E-state index is -4.53. The molecule has 3 amide bonds. The molecule has 0 unspecified atom stereocenters. The third kappa shape index (κ3) is 6.68. The highest BCUT2D eigenvalue weighted by molar-refractivity contribution is 6.33. The second-order valence-corrected chi connectivity index (χ2v) is 8.96. The van der Waals surface area contributed by atoms with E-state index in [1.54, 1.807) is 60.8 Å². The number of alkyl halides is 3. The first-order chi connectivity index (χ1) is 19.7. The van der Waals surface area contributed by atoms with Gasteiger partial charge in [0.1, 0.15) is 0 Å². The predicted molar refractivity (Wildman–Crippen MR) is 146 cm³/mol. The highest BCUT2D eigenvalue weighted by Crippen LogP contribution is 2.32. The molecule has 3 aromatic carbocycles. The lowest BCUT2D eigenvalue weighted by Crippen LogP contribution is -2.19. The smallest absolute Gasteiger partial charge is 0.334 e. The van der Waals surface area contributed by atoms with Crippen LogP contribution in [0.5, 0.6) is 0 Å². The summed E-state index contributed by atoms with van der Waals surface area (Å²) in [5, 5.41) is 11.9. The molecule has 0 aliphatic carbocycles. The molecule has 13 heteroatoms. The van der Waals surface area contributed by atoms with E-state index in [2.05, 4.69) is 31.1 Å². The van der Waals surface area contributed by atoms with Gasteiger partial charge in [-0.25, -0.2) is 4.79 Å². The molecule has 41 heavy (non-hydrogen) atoms. The first kappa shape index (κ1) is 27.3. The number of carbonyl (C=O) groups is 2. The Morgan fingerprint density at radius 2 is 1.56 bits per heavy atom. The lowest BCUT2D eigenvalue weighted by atomic mass is 10.1. The average Bonchev–Trinajstić information content (AvgIpc) is 3.43. The fourth-order valence-corrected chi connectivity index (χ4v) is 3.99. The predicted octanol–water partition coefficient (Wildman–Crippen LogP) is 7.37. The number of nitrogens with one attached hydrogen (secondary N) is 3. The number of urea groups is 1. The van der Waals surface area contributed by atoms with Gasteiger partial charge in [-0.05, 0) is 66.7 Å². The van der Waals surface area contributed by atoms with E-state index in [4.69, 9.17) is 16.1 Å². The summed E-state index contributed by atoms with van der Waals surface area (Å²) in [7, 11) is 0. The summed E-state index contributed by atoms with van der Waals surface area (Å²) in [4.78, 5) is 33.1. The van der Waals surface area contributed by atoms with Gasteiger partial charge in [-0.1, -0.05) is 28.9 Å². The van der Waals surface area contributed by atoms with E-state index < -0.39 is 17.8 Å². The topological polar surface area (TPSA) is 122 Å². The fraction of sp³-hybridized carbons (Fsp3) is 0.0357. The molecule has 5 aromatic rings. The van der Waals surface area contributed by atoms with Gasteiger partial charge in [-0.3, -0.25) is 9.78 Å². The molecule has 0 atom stereocenters. The number of hydrogen-bond donors (Lipinski definition) is 3. The van der Waals surface area contributed by atoms with Gasteiger partial charge in [0.15, 0.2) is 0 Å². The third-order valence-electron chi connectivity index (χ3n) is 5.63. The molecule has 0 saturated heterocycles. The summed E-state index contributed by atoms with van der Waals surface area (Å²) in [6.07, 6.45) is -1.52. The molecule has 0 aliphatic heterocycles. The van der Waals surface area contributed by atoms with Crippen LogP contribution in [0.25, 0.3) is 22.8 Å². The Kier molecular flexibility index (Phi) is 7.66. The van der Waals surface area contributed by atoms with E-state index in [9.17, 15) is 22.8 Å². The molecule has 3 N–H and O–H groups in total. The Morgan fingerprint density at radius 1 is 0.829 bits per heavy atom. The van der Waals surface area contributed by atoms with Gasteiger partial charge >= 0.3 is 12.2 Å². The maximum absolute atomic E-state index is 12.9. The summed E-state index contributed by atoms with van der Waals surface area (Å²) in [6, 6.07) is 18.1. The molecular weight excluding hydrogens is 561 g/mol. The maximum Gasteiger partial charge on any atom is 0.416 e. The van der Waals surface area contributed by atoms with E-state index in [0.717, 1.165) is 12.1 Å². The number of pyridine rings is 1. The van der Waals surface area contributed by atoms with Crippen LogP contribution in [0.1, 0.15) is 15.9 Å². The number of amides is 3. The zero-order valence-corrected chi connectivity index (χ0v) is 21.5. The van der Waals surface area contributed by atoms with Crippen molar-refractivity contribution in [3.63, 3.8) is 0 Å². The molecule has 0 spiro atoms. The number of aromatic nitrogens is 3. The van der Waals surface area contributed by atoms with Crippen molar-refractivity contribution >= 4 is 40.6 Å². The number of rotatable bonds is 6. The van der Waals surface area contributed by atoms with Crippen molar-refractivity contribution in [2.45, 2.75) is 6.18 Å². The Hall–Kier alpha value is -5.23. The summed E-state index contributed by atoms with van der Waals surface area (Å²) in [5.74, 6) is -0.0245. The summed E-state index contributed by atoms with van der Waals surface area (Å²) < 4.78 is 44.2. The first-order valence-electron chi connectivity index (χ1n) is 11.9. The number of hydrogen-bond acceptors (Lipinski definition) is 6. The molecule has 0 saturated carbocycles. The van der Waals surface area contributed by atoms with Crippen LogP contribution in [0.4, 0.5) is 35.0 Å². The zero-order valence-electron chi connectivity index (χ0n) is 20.7. The normalized spacial score (nSPS) is 11.1. The van der Waals surface area contributed by atoms with Gasteiger partial charge in [-0.15, -0.1) is 0 Å². The molecule has 0 fully saturated rings. The Bertz CT molecular complexity index is 1730. The van der Waals surface area contributed by atoms with Crippen molar-refractivity contribution in [3.05, 3.63) is 107 Å². The molecule has 2 heterocycles. The molecule has 0 aliphatic rings. The molecular formula is C28H18ClF3N6O3. The Balaban J connectivity index is 1.26. The summed E-state index contributed by atoms with van der Waals surface area (Å²) in [6.45, 7) is 0. The van der Waals surface area contributed by atoms with Gasteiger partial charge in [0, 0.05) is 40.6 Å². The molecule has 2 aromatic heterocycles. The number of nitrogens with zero attached hydrogens (tertiary/aromatic N) is 3. The van der Waals surface area contributed by atoms with Gasteiger partial charge in [0.2, 0.25) is 5.82 Å². The molecule has 0 radical (unpaired) electrons. The van der Waals surface area contributed by atoms with Crippen LogP contribution in [0.15, 0.2) is 95.8 Å². The zero-order chi connectivity index (χ0) is 29.0. The van der Waals surface area contributed by atoms with E-state index in [1.165, 1.54) is 18.3 Å². The number of carbonyl (C=O) groups excluding carboxylic acids is 2. The minimum Gasteiger partial charge on any atom is -0.334 e. The van der Waals surface area contributed by atoms with Crippen LogP contribution in [0.2, 0.25) is 5.02 Å². The van der Waals surface area contributed by atoms with Gasteiger partial charge in [0.05, 0.1) is 16.1 Å². The van der Waals surface area contributed by atoms with Crippen LogP contribution in [0.3, 0.4) is 0 Å². The second kappa shape index (κ2) is 11.5. The molecule has 5 rings (SSSR count). The molecule has 9 nitrogen and oxygen atoms in total. The highest BCUT2D eigenvalue weighted by atomic mass is 35.5. The summed E-state index contributed by atoms with van der Waals surface area (Å²) >= 11 is 6.43. The quantitative estimate of drug-likeness (QED) is 0.193. The van der Waals surface area contributed by atoms with Crippen molar-refractivity contribution in [1.82, 2.24) is 15.1 Å². The monoisotopic (exact) mass is 578 g/mol. The lowest BCUT2D eigenvalue weighted by Gasteiger charge is -2.11. The van der Waals surface area contributed by atoms with E-state index in [-0.39, 0.29) is 28.3 Å². The van der Waals surface area contributed by atoms with Crippen molar-refractivity contribution in [2.24, 2.45) is 0 Å². The van der Waals surface area contributed by atoms with Gasteiger partial charge in [-0.2, -0.15) is 18.2 Å². The maximum atomic E-state index is 12.9. The molecule has 206 valence electrons. The Labute approximate surface area is 235 Å². The van der Waals surface area contributed by atoms with Crippen molar-refractivity contribution in [3.8, 4) is 22.8 Å². The second-order valence-electron chi connectivity index (χ2n) is 8.55. The standard InChI is InChI=1S/C28H18ClF3N6O3/c29-23-14-21(34-25(39)17-5-3-11-33-15-17)9-10-22(23)24-37-26(41-38-24)16-4-1-7-19(12-16)35-27(40)36-20-8-2-6-18(13-20)28(30,31)32/h1-15H,(H,34,39)(H2,35,36,40). The van der Waals surface area contributed by atoms with Gasteiger partial charge in [0.25, 0.3) is 11.8 Å². The fourth-order valence-electron chi connectivity index (χ4n) is 3.72. The van der Waals surface area contributed by atoms with Crippen LogP contribution in [-0.4, -0.2) is 27.1 Å². The van der Waals surface area contributed by atoms with Crippen LogP contribution in [0, 0.1) is 0 Å². The van der Waals surface area contributed by atoms with Crippen LogP contribution >= 0.6 is 11.6 Å². The minimum absolute atomic E-state index is 0.0189. The van der Waals surface area contributed by atoms with E-state index >= 15 is 0 Å². The van der Waals surface area contributed by atoms with Crippen LogP contribution < -0.4 is 16.0 Å². The summed E-state index contributed by atoms with van der Waals surface area (Å²) in [5.41, 5.74) is 1.20. The SMILES string of the molecule is O=C(Nc1cccc(-c2nc(-c3ccc(NC(=O)c4cccnc4)cc3Cl)no2)c1)Nc1cccc(C(F)(F)F)c1.